The van der Waals surface area contributed by atoms with Gasteiger partial charge in [-0.05, 0) is 42.2 Å². The van der Waals surface area contributed by atoms with Gasteiger partial charge in [0.05, 0.1) is 0 Å². The molecule has 0 radical (unpaired) electrons. The topological polar surface area (TPSA) is 12.0 Å². The summed E-state index contributed by atoms with van der Waals surface area (Å²) >= 11 is 6.02. The van der Waals surface area contributed by atoms with Crippen molar-refractivity contribution >= 4 is 17.3 Å². The Bertz CT molecular complexity index is 577. The molecule has 1 nitrogen and oxygen atoms in total. The third-order valence-electron chi connectivity index (χ3n) is 3.70. The second kappa shape index (κ2) is 4.66. The summed E-state index contributed by atoms with van der Waals surface area (Å²) in [5, 5.41) is 4.30. The first kappa shape index (κ1) is 11.6. The molecule has 0 fully saturated rings. The quantitative estimate of drug-likeness (QED) is 0.859. The summed E-state index contributed by atoms with van der Waals surface area (Å²) in [5.74, 6) is 0.639. The fourth-order valence-corrected chi connectivity index (χ4v) is 2.73. The Labute approximate surface area is 113 Å². The second-order valence-electron chi connectivity index (χ2n) is 4.94. The Morgan fingerprint density at radius 3 is 2.89 bits per heavy atom. The van der Waals surface area contributed by atoms with Crippen LogP contribution in [0.2, 0.25) is 5.02 Å². The Balaban J connectivity index is 1.68. The van der Waals surface area contributed by atoms with Crippen LogP contribution < -0.4 is 5.32 Å². The van der Waals surface area contributed by atoms with Crippen molar-refractivity contribution < 1.29 is 0 Å². The van der Waals surface area contributed by atoms with Gasteiger partial charge in [-0.25, -0.2) is 0 Å². The highest BCUT2D eigenvalue weighted by Gasteiger charge is 2.24. The number of anilines is 1. The van der Waals surface area contributed by atoms with E-state index in [1.54, 1.807) is 0 Å². The van der Waals surface area contributed by atoms with E-state index in [4.69, 9.17) is 11.6 Å². The molecule has 1 aliphatic rings. The second-order valence-corrected chi connectivity index (χ2v) is 5.38. The van der Waals surface area contributed by atoms with Crippen LogP contribution in [-0.4, -0.2) is 6.54 Å². The van der Waals surface area contributed by atoms with E-state index >= 15 is 0 Å². The molecule has 1 N–H and O–H groups in total. The number of hydrogen-bond donors (Lipinski definition) is 1. The molecule has 0 amide bonds. The van der Waals surface area contributed by atoms with E-state index in [1.165, 1.54) is 23.1 Å². The highest BCUT2D eigenvalue weighted by Crippen LogP contribution is 2.35. The molecule has 1 unspecified atom stereocenters. The molecule has 0 aromatic heterocycles. The molecule has 1 aliphatic carbocycles. The molecule has 3 rings (SSSR count). The Hall–Kier alpha value is -1.47. The predicted molar refractivity (Wildman–Crippen MR) is 77.6 cm³/mol. The zero-order chi connectivity index (χ0) is 12.5. The van der Waals surface area contributed by atoms with Crippen molar-refractivity contribution in [2.45, 2.75) is 19.3 Å². The monoisotopic (exact) mass is 257 g/mol. The molecule has 0 heterocycles. The largest absolute Gasteiger partial charge is 0.384 e. The van der Waals surface area contributed by atoms with Crippen LogP contribution >= 0.6 is 11.6 Å². The van der Waals surface area contributed by atoms with Crippen LogP contribution in [0.1, 0.15) is 22.6 Å². The average molecular weight is 258 g/mol. The van der Waals surface area contributed by atoms with Gasteiger partial charge < -0.3 is 5.32 Å². The van der Waals surface area contributed by atoms with Crippen molar-refractivity contribution in [3.05, 3.63) is 64.2 Å². The van der Waals surface area contributed by atoms with Crippen molar-refractivity contribution in [2.24, 2.45) is 0 Å². The first-order valence-corrected chi connectivity index (χ1v) is 6.69. The maximum Gasteiger partial charge on any atom is 0.0426 e. The van der Waals surface area contributed by atoms with Crippen LogP contribution in [-0.2, 0) is 6.42 Å². The Morgan fingerprint density at radius 1 is 1.22 bits per heavy atom. The number of fused-ring (bicyclic) bond motifs is 1. The van der Waals surface area contributed by atoms with Gasteiger partial charge in [-0.2, -0.15) is 0 Å². The molecule has 2 heteroatoms. The van der Waals surface area contributed by atoms with Gasteiger partial charge in [0.25, 0.3) is 0 Å². The first-order valence-electron chi connectivity index (χ1n) is 6.32. The molecule has 2 aromatic rings. The molecule has 0 saturated carbocycles. The number of nitrogens with one attached hydrogen (secondary N) is 1. The van der Waals surface area contributed by atoms with Gasteiger partial charge >= 0.3 is 0 Å². The summed E-state index contributed by atoms with van der Waals surface area (Å²) in [4.78, 5) is 0. The van der Waals surface area contributed by atoms with Gasteiger partial charge in [-0.3, -0.25) is 0 Å². The van der Waals surface area contributed by atoms with Crippen LogP contribution in [0.4, 0.5) is 5.69 Å². The third kappa shape index (κ3) is 2.11. The molecule has 92 valence electrons. The smallest absolute Gasteiger partial charge is 0.0426 e. The summed E-state index contributed by atoms with van der Waals surface area (Å²) in [7, 11) is 0. The molecule has 2 aromatic carbocycles. The fraction of sp³-hybridized carbons (Fsp3) is 0.250. The minimum atomic E-state index is 0.639. The number of aryl methyl sites for hydroxylation is 1. The lowest BCUT2D eigenvalue weighted by atomic mass is 9.77. The normalized spacial score (nSPS) is 16.9. The van der Waals surface area contributed by atoms with Crippen molar-refractivity contribution in [1.82, 2.24) is 0 Å². The Morgan fingerprint density at radius 2 is 2.06 bits per heavy atom. The highest BCUT2D eigenvalue weighted by atomic mass is 35.5. The molecule has 0 saturated heterocycles. The lowest BCUT2D eigenvalue weighted by molar-refractivity contribution is 0.635. The zero-order valence-electron chi connectivity index (χ0n) is 10.4. The lowest BCUT2D eigenvalue weighted by Gasteiger charge is -2.30. The van der Waals surface area contributed by atoms with Crippen LogP contribution in [0, 0.1) is 6.92 Å². The van der Waals surface area contributed by atoms with Crippen LogP contribution in [0.15, 0.2) is 42.5 Å². The first-order chi connectivity index (χ1) is 8.74. The molecular weight excluding hydrogens is 242 g/mol. The van der Waals surface area contributed by atoms with Crippen molar-refractivity contribution in [3.8, 4) is 0 Å². The molecular formula is C16H16ClN. The molecule has 1 atom stereocenters. The molecule has 0 spiro atoms. The van der Waals surface area contributed by atoms with Gasteiger partial charge in [-0.15, -0.1) is 0 Å². The lowest BCUT2D eigenvalue weighted by Crippen LogP contribution is -2.24. The van der Waals surface area contributed by atoms with E-state index in [0.29, 0.717) is 5.92 Å². The minimum Gasteiger partial charge on any atom is -0.384 e. The number of hydrogen-bond acceptors (Lipinski definition) is 1. The van der Waals surface area contributed by atoms with Gasteiger partial charge in [-0.1, -0.05) is 41.9 Å². The van der Waals surface area contributed by atoms with Crippen LogP contribution in [0.3, 0.4) is 0 Å². The Kier molecular flexibility index (Phi) is 3.00. The minimum absolute atomic E-state index is 0.639. The third-order valence-corrected chi connectivity index (χ3v) is 3.93. The molecule has 0 aliphatic heterocycles. The van der Waals surface area contributed by atoms with E-state index in [-0.39, 0.29) is 0 Å². The SMILES string of the molecule is Cc1ccc(Cl)cc1NCC1Cc2ccccc21. The number of rotatable bonds is 3. The summed E-state index contributed by atoms with van der Waals surface area (Å²) in [5.41, 5.74) is 5.37. The molecule has 0 bridgehead atoms. The van der Waals surface area contributed by atoms with Gasteiger partial charge in [0.2, 0.25) is 0 Å². The fourth-order valence-electron chi connectivity index (χ4n) is 2.56. The average Bonchev–Trinajstić information content (AvgIpc) is 2.34. The van der Waals surface area contributed by atoms with E-state index in [2.05, 4.69) is 42.6 Å². The molecule has 18 heavy (non-hydrogen) atoms. The van der Waals surface area contributed by atoms with E-state index in [9.17, 15) is 0 Å². The van der Waals surface area contributed by atoms with Crippen molar-refractivity contribution in [2.75, 3.05) is 11.9 Å². The van der Waals surface area contributed by atoms with Crippen molar-refractivity contribution in [3.63, 3.8) is 0 Å². The van der Waals surface area contributed by atoms with E-state index in [0.717, 1.165) is 17.3 Å². The zero-order valence-corrected chi connectivity index (χ0v) is 11.2. The number of benzene rings is 2. The maximum absolute atomic E-state index is 6.02. The van der Waals surface area contributed by atoms with Gasteiger partial charge in [0.1, 0.15) is 0 Å². The van der Waals surface area contributed by atoms with Crippen LogP contribution in [0.25, 0.3) is 0 Å². The maximum atomic E-state index is 6.02. The predicted octanol–water partition coefficient (Wildman–Crippen LogP) is 4.40. The van der Waals surface area contributed by atoms with Crippen LogP contribution in [0.5, 0.6) is 0 Å². The van der Waals surface area contributed by atoms with E-state index in [1.807, 2.05) is 12.1 Å². The summed E-state index contributed by atoms with van der Waals surface area (Å²) < 4.78 is 0. The van der Waals surface area contributed by atoms with Gasteiger partial charge in [0, 0.05) is 23.2 Å². The van der Waals surface area contributed by atoms with Crippen molar-refractivity contribution in [1.29, 1.82) is 0 Å². The highest BCUT2D eigenvalue weighted by molar-refractivity contribution is 6.30. The number of halogens is 1. The summed E-state index contributed by atoms with van der Waals surface area (Å²) in [6.07, 6.45) is 1.18. The van der Waals surface area contributed by atoms with Gasteiger partial charge in [0.15, 0.2) is 0 Å². The summed E-state index contributed by atoms with van der Waals surface area (Å²) in [6.45, 7) is 3.09. The van der Waals surface area contributed by atoms with E-state index < -0.39 is 0 Å². The summed E-state index contributed by atoms with van der Waals surface area (Å²) in [6, 6.07) is 14.7. The standard InChI is InChI=1S/C16H16ClN/c1-11-6-7-14(17)9-16(11)18-10-13-8-12-4-2-3-5-15(12)13/h2-7,9,13,18H,8,10H2,1H3.